The Morgan fingerprint density at radius 1 is 1.10 bits per heavy atom. The number of thiazole rings is 1. The van der Waals surface area contributed by atoms with Gasteiger partial charge in [-0.3, -0.25) is 9.89 Å². The van der Waals surface area contributed by atoms with Crippen molar-refractivity contribution in [1.82, 2.24) is 19.9 Å². The van der Waals surface area contributed by atoms with Gasteiger partial charge in [0.1, 0.15) is 10.8 Å². The van der Waals surface area contributed by atoms with Crippen molar-refractivity contribution in [2.45, 2.75) is 38.8 Å². The number of rotatable bonds is 5. The third kappa shape index (κ3) is 4.00. The van der Waals surface area contributed by atoms with Gasteiger partial charge in [0.05, 0.1) is 24.1 Å². The first-order valence-electron chi connectivity index (χ1n) is 10.5. The van der Waals surface area contributed by atoms with Crippen LogP contribution in [-0.2, 0) is 19.5 Å². The maximum Gasteiger partial charge on any atom is 0.173 e. The van der Waals surface area contributed by atoms with Crippen LogP contribution in [0.15, 0.2) is 41.7 Å². The summed E-state index contributed by atoms with van der Waals surface area (Å²) in [5, 5.41) is 1.00. The fourth-order valence-corrected chi connectivity index (χ4v) is 5.06. The molecule has 2 aromatic heterocycles. The lowest BCUT2D eigenvalue weighted by Crippen LogP contribution is -2.31. The van der Waals surface area contributed by atoms with Crippen molar-refractivity contribution in [1.29, 1.82) is 0 Å². The molecule has 1 aromatic carbocycles. The van der Waals surface area contributed by atoms with Crippen LogP contribution in [0.1, 0.15) is 41.2 Å². The van der Waals surface area contributed by atoms with Gasteiger partial charge in [-0.2, -0.15) is 0 Å². The van der Waals surface area contributed by atoms with Gasteiger partial charge in [0.2, 0.25) is 0 Å². The molecule has 2 aliphatic heterocycles. The molecule has 0 radical (unpaired) electrons. The van der Waals surface area contributed by atoms with E-state index in [-0.39, 0.29) is 0 Å². The Labute approximate surface area is 180 Å². The molecule has 30 heavy (non-hydrogen) atoms. The molecule has 2 aliphatic rings. The van der Waals surface area contributed by atoms with Crippen LogP contribution in [0.3, 0.4) is 0 Å². The Hall–Kier alpha value is -2.64. The van der Waals surface area contributed by atoms with E-state index in [9.17, 15) is 0 Å². The van der Waals surface area contributed by atoms with Gasteiger partial charge in [-0.1, -0.05) is 12.1 Å². The highest BCUT2D eigenvalue weighted by Gasteiger charge is 2.21. The van der Waals surface area contributed by atoms with E-state index in [0.717, 1.165) is 66.9 Å². The Morgan fingerprint density at radius 3 is 2.90 bits per heavy atom. The highest BCUT2D eigenvalue weighted by molar-refractivity contribution is 7.15. The molecule has 3 aromatic rings. The summed E-state index contributed by atoms with van der Waals surface area (Å²) >= 11 is 1.73. The van der Waals surface area contributed by atoms with Crippen LogP contribution in [0.25, 0.3) is 10.6 Å². The Balaban J connectivity index is 1.28. The number of nitrogens with zero attached hydrogens (tertiary/aromatic N) is 5. The molecule has 5 rings (SSSR count). The first kappa shape index (κ1) is 19.3. The second kappa shape index (κ2) is 8.62. The molecular formula is C23H25N5OS. The summed E-state index contributed by atoms with van der Waals surface area (Å²) in [4.78, 5) is 22.5. The molecule has 0 bridgehead atoms. The predicted octanol–water partition coefficient (Wildman–Crippen LogP) is 4.14. The minimum atomic E-state index is 0.839. The van der Waals surface area contributed by atoms with E-state index >= 15 is 0 Å². The molecule has 0 spiro atoms. The monoisotopic (exact) mass is 419 g/mol. The number of hydrogen-bond donors (Lipinski definition) is 0. The smallest absolute Gasteiger partial charge is 0.173 e. The van der Waals surface area contributed by atoms with Gasteiger partial charge in [-0.15, -0.1) is 11.3 Å². The Kier molecular flexibility index (Phi) is 5.55. The van der Waals surface area contributed by atoms with Gasteiger partial charge < -0.3 is 4.74 Å². The SMILES string of the molecule is COc1ccccc1-c1ncc(CN2CCc3nc(C4=NCCCC4)ncc3C2)s1. The van der Waals surface area contributed by atoms with E-state index in [1.807, 2.05) is 30.6 Å². The number of methoxy groups -OCH3 is 1. The van der Waals surface area contributed by atoms with Gasteiger partial charge in [-0.25, -0.2) is 15.0 Å². The van der Waals surface area contributed by atoms with E-state index in [0.29, 0.717) is 0 Å². The molecule has 6 nitrogen and oxygen atoms in total. The zero-order valence-electron chi connectivity index (χ0n) is 17.2. The molecule has 0 saturated carbocycles. The van der Waals surface area contributed by atoms with Crippen LogP contribution in [0, 0.1) is 0 Å². The first-order chi connectivity index (χ1) is 14.8. The highest BCUT2D eigenvalue weighted by atomic mass is 32.1. The Morgan fingerprint density at radius 2 is 2.03 bits per heavy atom. The van der Waals surface area contributed by atoms with Crippen LogP contribution < -0.4 is 4.74 Å². The minimum Gasteiger partial charge on any atom is -0.496 e. The first-order valence-corrected chi connectivity index (χ1v) is 11.3. The molecule has 4 heterocycles. The van der Waals surface area contributed by atoms with Gasteiger partial charge in [-0.05, 0) is 31.4 Å². The summed E-state index contributed by atoms with van der Waals surface area (Å²) in [5.74, 6) is 1.70. The summed E-state index contributed by atoms with van der Waals surface area (Å²) in [6.45, 7) is 3.68. The number of benzene rings is 1. The van der Waals surface area contributed by atoms with E-state index < -0.39 is 0 Å². The summed E-state index contributed by atoms with van der Waals surface area (Å²) in [7, 11) is 1.70. The van der Waals surface area contributed by atoms with Crippen molar-refractivity contribution in [3.8, 4) is 16.3 Å². The van der Waals surface area contributed by atoms with E-state index in [2.05, 4.69) is 25.9 Å². The van der Waals surface area contributed by atoms with Crippen LogP contribution in [0.2, 0.25) is 0 Å². The third-order valence-electron chi connectivity index (χ3n) is 5.67. The topological polar surface area (TPSA) is 63.5 Å². The summed E-state index contributed by atoms with van der Waals surface area (Å²) in [6, 6.07) is 8.04. The van der Waals surface area contributed by atoms with Gasteiger partial charge in [0.15, 0.2) is 5.82 Å². The van der Waals surface area contributed by atoms with Crippen molar-refractivity contribution in [2.24, 2.45) is 4.99 Å². The maximum absolute atomic E-state index is 5.49. The van der Waals surface area contributed by atoms with Crippen molar-refractivity contribution in [3.63, 3.8) is 0 Å². The van der Waals surface area contributed by atoms with Gasteiger partial charge in [0, 0.05) is 55.4 Å². The normalized spacial score (nSPS) is 16.8. The van der Waals surface area contributed by atoms with Gasteiger partial charge >= 0.3 is 0 Å². The molecule has 0 amide bonds. The van der Waals surface area contributed by atoms with Crippen LogP contribution in [0.4, 0.5) is 0 Å². The van der Waals surface area contributed by atoms with E-state index in [1.165, 1.54) is 29.0 Å². The number of para-hydroxylation sites is 1. The predicted molar refractivity (Wildman–Crippen MR) is 119 cm³/mol. The highest BCUT2D eigenvalue weighted by Crippen LogP contribution is 2.33. The third-order valence-corrected chi connectivity index (χ3v) is 6.68. The summed E-state index contributed by atoms with van der Waals surface area (Å²) in [5.41, 5.74) is 4.55. The number of ether oxygens (including phenoxy) is 1. The average Bonchev–Trinajstić information content (AvgIpc) is 3.27. The molecule has 0 N–H and O–H groups in total. The molecule has 7 heteroatoms. The van der Waals surface area contributed by atoms with Crippen molar-refractivity contribution >= 4 is 17.0 Å². The number of fused-ring (bicyclic) bond motifs is 1. The lowest BCUT2D eigenvalue weighted by atomic mass is 10.1. The quantitative estimate of drug-likeness (QED) is 0.622. The van der Waals surface area contributed by atoms with Crippen LogP contribution >= 0.6 is 11.3 Å². The molecule has 0 unspecified atom stereocenters. The summed E-state index contributed by atoms with van der Waals surface area (Å²) < 4.78 is 5.49. The molecule has 0 saturated heterocycles. The lowest BCUT2D eigenvalue weighted by molar-refractivity contribution is 0.245. The summed E-state index contributed by atoms with van der Waals surface area (Å²) in [6.07, 6.45) is 8.33. The average molecular weight is 420 g/mol. The molecule has 154 valence electrons. The van der Waals surface area contributed by atoms with Crippen LogP contribution in [-0.4, -0.2) is 45.8 Å². The molecule has 0 atom stereocenters. The van der Waals surface area contributed by atoms with Crippen molar-refractivity contribution in [3.05, 3.63) is 58.6 Å². The number of hydrogen-bond acceptors (Lipinski definition) is 7. The standard InChI is InChI=1S/C23H25N5OS/c1-29-21-8-3-2-6-18(21)23-26-13-17(30-23)15-28-11-9-19-16(14-28)12-25-22(27-19)20-7-4-5-10-24-20/h2-3,6,8,12-13H,4-5,7,9-11,14-15H2,1H3. The zero-order valence-corrected chi connectivity index (χ0v) is 18.0. The van der Waals surface area contributed by atoms with E-state index in [4.69, 9.17) is 9.72 Å². The van der Waals surface area contributed by atoms with Crippen molar-refractivity contribution in [2.75, 3.05) is 20.2 Å². The zero-order chi connectivity index (χ0) is 20.3. The fourth-order valence-electron chi connectivity index (χ4n) is 4.08. The lowest BCUT2D eigenvalue weighted by Gasteiger charge is -2.27. The second-order valence-electron chi connectivity index (χ2n) is 7.74. The second-order valence-corrected chi connectivity index (χ2v) is 8.86. The molecule has 0 aliphatic carbocycles. The van der Waals surface area contributed by atoms with Crippen molar-refractivity contribution < 1.29 is 4.74 Å². The fraction of sp³-hybridized carbons (Fsp3) is 0.391. The van der Waals surface area contributed by atoms with Gasteiger partial charge in [0.25, 0.3) is 0 Å². The number of aromatic nitrogens is 3. The minimum absolute atomic E-state index is 0.839. The number of aliphatic imine (C=N–C) groups is 1. The molecule has 0 fully saturated rings. The Bertz CT molecular complexity index is 1080. The van der Waals surface area contributed by atoms with Crippen LogP contribution in [0.5, 0.6) is 5.75 Å². The van der Waals surface area contributed by atoms with E-state index in [1.54, 1.807) is 18.4 Å². The largest absolute Gasteiger partial charge is 0.496 e. The maximum atomic E-state index is 5.49. The molecular weight excluding hydrogens is 394 g/mol.